The highest BCUT2D eigenvalue weighted by Gasteiger charge is 2.30. The molecule has 0 radical (unpaired) electrons. The van der Waals surface area contributed by atoms with Crippen LogP contribution in [0.15, 0.2) is 24.3 Å². The average molecular weight is 330 g/mol. The molecule has 1 aliphatic heterocycles. The molecule has 2 N–H and O–H groups in total. The lowest BCUT2D eigenvalue weighted by molar-refractivity contribution is -0.130. The number of nitrogens with one attached hydrogen (secondary N) is 1. The van der Waals surface area contributed by atoms with Crippen LogP contribution < -0.4 is 5.32 Å². The number of hydrogen-bond acceptors (Lipinski definition) is 5. The molecule has 1 saturated heterocycles. The van der Waals surface area contributed by atoms with Crippen molar-refractivity contribution >= 4 is 11.8 Å². The van der Waals surface area contributed by atoms with E-state index in [1.54, 1.807) is 32.3 Å². The highest BCUT2D eigenvalue weighted by atomic mass is 16.3. The molecule has 2 atom stereocenters. The van der Waals surface area contributed by atoms with Crippen LogP contribution in [0.5, 0.6) is 0 Å². The molecule has 1 aromatic rings. The average Bonchev–Trinajstić information content (AvgIpc) is 2.57. The first-order valence-electron chi connectivity index (χ1n) is 7.82. The number of aliphatic hydroxyl groups excluding tert-OH is 1. The minimum Gasteiger partial charge on any atom is -0.390 e. The molecule has 0 saturated carbocycles. The molecule has 0 bridgehead atoms. The molecule has 0 unspecified atom stereocenters. The van der Waals surface area contributed by atoms with Crippen molar-refractivity contribution in [3.8, 4) is 6.07 Å². The second kappa shape index (κ2) is 7.90. The second-order valence-corrected chi connectivity index (χ2v) is 6.15. The third-order valence-corrected chi connectivity index (χ3v) is 4.09. The van der Waals surface area contributed by atoms with Crippen LogP contribution in [-0.2, 0) is 4.79 Å². The standard InChI is InChI=1S/C17H22N4O3/c1-20(2)16(23)11-21-7-6-14(15(22)10-21)19-17(24)13-5-3-4-12(8-13)9-18/h3-5,8,14-15,22H,6-7,10-11H2,1-2H3,(H,19,24)/t14-,15-/m1/s1. The van der Waals surface area contributed by atoms with E-state index in [2.05, 4.69) is 5.32 Å². The summed E-state index contributed by atoms with van der Waals surface area (Å²) in [5, 5.41) is 22.0. The Balaban J connectivity index is 1.91. The van der Waals surface area contributed by atoms with E-state index in [0.29, 0.717) is 30.6 Å². The summed E-state index contributed by atoms with van der Waals surface area (Å²) in [7, 11) is 3.39. The molecule has 2 rings (SSSR count). The fraction of sp³-hybridized carbons (Fsp3) is 0.471. The Labute approximate surface area is 141 Å². The summed E-state index contributed by atoms with van der Waals surface area (Å²) in [6.07, 6.45) is -0.178. The highest BCUT2D eigenvalue weighted by Crippen LogP contribution is 2.13. The summed E-state index contributed by atoms with van der Waals surface area (Å²) in [6, 6.07) is 8.06. The molecule has 7 nitrogen and oxygen atoms in total. The van der Waals surface area contributed by atoms with Crippen molar-refractivity contribution < 1.29 is 14.7 Å². The topological polar surface area (TPSA) is 96.7 Å². The van der Waals surface area contributed by atoms with Crippen molar-refractivity contribution in [3.05, 3.63) is 35.4 Å². The maximum atomic E-state index is 12.3. The second-order valence-electron chi connectivity index (χ2n) is 6.15. The maximum absolute atomic E-state index is 12.3. The molecule has 1 heterocycles. The largest absolute Gasteiger partial charge is 0.390 e. The Morgan fingerprint density at radius 2 is 2.21 bits per heavy atom. The smallest absolute Gasteiger partial charge is 0.251 e. The summed E-state index contributed by atoms with van der Waals surface area (Å²) in [5.41, 5.74) is 0.812. The minimum absolute atomic E-state index is 0.0157. The zero-order valence-electron chi connectivity index (χ0n) is 13.9. The van der Waals surface area contributed by atoms with E-state index < -0.39 is 6.10 Å². The minimum atomic E-state index is -0.739. The molecule has 2 amide bonds. The maximum Gasteiger partial charge on any atom is 0.251 e. The van der Waals surface area contributed by atoms with Gasteiger partial charge in [-0.05, 0) is 24.6 Å². The number of rotatable bonds is 4. The number of carbonyl (C=O) groups excluding carboxylic acids is 2. The number of piperidine rings is 1. The lowest BCUT2D eigenvalue weighted by Crippen LogP contribution is -2.55. The molecule has 128 valence electrons. The molecule has 7 heteroatoms. The van der Waals surface area contributed by atoms with Crippen LogP contribution in [-0.4, -0.2) is 72.6 Å². The van der Waals surface area contributed by atoms with E-state index in [1.807, 2.05) is 11.0 Å². The molecule has 24 heavy (non-hydrogen) atoms. The predicted molar refractivity (Wildman–Crippen MR) is 88.2 cm³/mol. The lowest BCUT2D eigenvalue weighted by atomic mass is 10.0. The Hall–Kier alpha value is -2.43. The van der Waals surface area contributed by atoms with Crippen LogP contribution in [0.25, 0.3) is 0 Å². The monoisotopic (exact) mass is 330 g/mol. The first-order chi connectivity index (χ1) is 11.4. The quantitative estimate of drug-likeness (QED) is 0.798. The van der Waals surface area contributed by atoms with Gasteiger partial charge in [0.2, 0.25) is 5.91 Å². The number of nitriles is 1. The van der Waals surface area contributed by atoms with Gasteiger partial charge in [0.15, 0.2) is 0 Å². The zero-order valence-corrected chi connectivity index (χ0v) is 13.9. The van der Waals surface area contributed by atoms with Gasteiger partial charge in [0.1, 0.15) is 0 Å². The molecular formula is C17H22N4O3. The Kier molecular flexibility index (Phi) is 5.90. The number of amides is 2. The van der Waals surface area contributed by atoms with Crippen LogP contribution in [0.3, 0.4) is 0 Å². The van der Waals surface area contributed by atoms with E-state index in [-0.39, 0.29) is 24.4 Å². The Morgan fingerprint density at radius 3 is 2.83 bits per heavy atom. The van der Waals surface area contributed by atoms with Gasteiger partial charge in [0.25, 0.3) is 5.91 Å². The van der Waals surface area contributed by atoms with Gasteiger partial charge in [0.05, 0.1) is 30.3 Å². The van der Waals surface area contributed by atoms with E-state index in [9.17, 15) is 14.7 Å². The Bertz CT molecular complexity index is 653. The lowest BCUT2D eigenvalue weighted by Gasteiger charge is -2.36. The molecule has 0 aromatic heterocycles. The van der Waals surface area contributed by atoms with Crippen LogP contribution >= 0.6 is 0 Å². The van der Waals surface area contributed by atoms with Gasteiger partial charge in [-0.2, -0.15) is 5.26 Å². The van der Waals surface area contributed by atoms with Crippen molar-refractivity contribution in [2.45, 2.75) is 18.6 Å². The van der Waals surface area contributed by atoms with Crippen molar-refractivity contribution in [2.24, 2.45) is 0 Å². The number of aliphatic hydroxyl groups is 1. The normalized spacial score (nSPS) is 20.9. The highest BCUT2D eigenvalue weighted by molar-refractivity contribution is 5.94. The van der Waals surface area contributed by atoms with Gasteiger partial charge in [-0.3, -0.25) is 14.5 Å². The van der Waals surface area contributed by atoms with Crippen molar-refractivity contribution in [1.29, 1.82) is 5.26 Å². The summed E-state index contributed by atoms with van der Waals surface area (Å²) < 4.78 is 0. The SMILES string of the molecule is CN(C)C(=O)CN1CC[C@@H](NC(=O)c2cccc(C#N)c2)[C@H](O)C1. The number of likely N-dealkylation sites (N-methyl/N-ethyl adjacent to an activating group) is 1. The molecule has 1 aromatic carbocycles. The van der Waals surface area contributed by atoms with Gasteiger partial charge in [-0.1, -0.05) is 6.07 Å². The number of β-amino-alcohol motifs (C(OH)–C–C–N with tert-alkyl or cyclic N) is 1. The molecule has 1 aliphatic rings. The number of hydrogen-bond donors (Lipinski definition) is 2. The fourth-order valence-corrected chi connectivity index (χ4v) is 2.62. The molecule has 0 spiro atoms. The number of nitrogens with zero attached hydrogens (tertiary/aromatic N) is 3. The Morgan fingerprint density at radius 1 is 1.46 bits per heavy atom. The van der Waals surface area contributed by atoms with E-state index in [1.165, 1.54) is 11.0 Å². The zero-order chi connectivity index (χ0) is 17.7. The van der Waals surface area contributed by atoms with Crippen LogP contribution in [0.4, 0.5) is 0 Å². The fourth-order valence-electron chi connectivity index (χ4n) is 2.62. The first-order valence-corrected chi connectivity index (χ1v) is 7.82. The van der Waals surface area contributed by atoms with Gasteiger partial charge in [-0.25, -0.2) is 0 Å². The van der Waals surface area contributed by atoms with Crippen LogP contribution in [0.1, 0.15) is 22.3 Å². The van der Waals surface area contributed by atoms with Crippen molar-refractivity contribution in [1.82, 2.24) is 15.1 Å². The first kappa shape index (κ1) is 17.9. The van der Waals surface area contributed by atoms with Gasteiger partial charge >= 0.3 is 0 Å². The van der Waals surface area contributed by atoms with E-state index in [0.717, 1.165) is 0 Å². The summed E-state index contributed by atoms with van der Waals surface area (Å²) in [5.74, 6) is -0.327. The number of carbonyl (C=O) groups is 2. The van der Waals surface area contributed by atoms with Gasteiger partial charge in [0, 0.05) is 32.7 Å². The van der Waals surface area contributed by atoms with E-state index >= 15 is 0 Å². The predicted octanol–water partition coefficient (Wildman–Crippen LogP) is -0.189. The van der Waals surface area contributed by atoms with Crippen LogP contribution in [0, 0.1) is 11.3 Å². The third-order valence-electron chi connectivity index (χ3n) is 4.09. The molecular weight excluding hydrogens is 308 g/mol. The molecule has 0 aliphatic carbocycles. The van der Waals surface area contributed by atoms with Crippen LogP contribution in [0.2, 0.25) is 0 Å². The van der Waals surface area contributed by atoms with Crippen molar-refractivity contribution in [3.63, 3.8) is 0 Å². The summed E-state index contributed by atoms with van der Waals surface area (Å²) in [4.78, 5) is 27.4. The number of benzene rings is 1. The van der Waals surface area contributed by atoms with Gasteiger partial charge < -0.3 is 15.3 Å². The summed E-state index contributed by atoms with van der Waals surface area (Å²) in [6.45, 7) is 1.22. The van der Waals surface area contributed by atoms with E-state index in [4.69, 9.17) is 5.26 Å². The van der Waals surface area contributed by atoms with Crippen molar-refractivity contribution in [2.75, 3.05) is 33.7 Å². The molecule has 1 fully saturated rings. The third kappa shape index (κ3) is 4.54. The summed E-state index contributed by atoms with van der Waals surface area (Å²) >= 11 is 0. The number of likely N-dealkylation sites (tertiary alicyclic amines) is 1. The van der Waals surface area contributed by atoms with Gasteiger partial charge in [-0.15, -0.1) is 0 Å².